The molecule has 1 saturated heterocycles. The van der Waals surface area contributed by atoms with Crippen LogP contribution >= 0.6 is 0 Å². The maximum Gasteiger partial charge on any atom is 0.416 e. The number of ether oxygens (including phenoxy) is 1. The second-order valence-electron chi connectivity index (χ2n) is 6.72. The van der Waals surface area contributed by atoms with Gasteiger partial charge in [0.2, 0.25) is 0 Å². The molecular formula is C22H21F3N2O. The molecule has 1 aliphatic heterocycles. The Morgan fingerprint density at radius 2 is 1.86 bits per heavy atom. The van der Waals surface area contributed by atoms with Crippen molar-refractivity contribution < 1.29 is 17.9 Å². The van der Waals surface area contributed by atoms with E-state index in [0.717, 1.165) is 43.8 Å². The van der Waals surface area contributed by atoms with Crippen molar-refractivity contribution in [3.05, 3.63) is 59.2 Å². The number of methoxy groups -OCH3 is 1. The monoisotopic (exact) mass is 386 g/mol. The molecule has 0 amide bonds. The summed E-state index contributed by atoms with van der Waals surface area (Å²) in [6.07, 6.45) is 0.645. The molecule has 1 aliphatic rings. The third-order valence-electron chi connectivity index (χ3n) is 4.86. The molecule has 3 nitrogen and oxygen atoms in total. The summed E-state index contributed by atoms with van der Waals surface area (Å²) in [6.45, 7) is 1.98. The lowest BCUT2D eigenvalue weighted by Crippen LogP contribution is -2.29. The average Bonchev–Trinajstić information content (AvgIpc) is 2.72. The molecule has 2 aromatic rings. The number of alkyl halides is 3. The minimum absolute atomic E-state index is 0.148. The quantitative estimate of drug-likeness (QED) is 0.494. The Bertz CT molecular complexity index is 907. The third-order valence-corrected chi connectivity index (χ3v) is 4.86. The fourth-order valence-electron chi connectivity index (χ4n) is 3.37. The van der Waals surface area contributed by atoms with Crippen LogP contribution in [0.3, 0.4) is 0 Å². The van der Waals surface area contributed by atoms with Crippen molar-refractivity contribution >= 4 is 17.3 Å². The maximum atomic E-state index is 13.0. The summed E-state index contributed by atoms with van der Waals surface area (Å²) in [5.41, 5.74) is 1.29. The highest BCUT2D eigenvalue weighted by atomic mass is 19.4. The molecule has 3 rings (SSSR count). The normalized spacial score (nSPS) is 15.2. The summed E-state index contributed by atoms with van der Waals surface area (Å²) in [7, 11) is 1.54. The van der Waals surface area contributed by atoms with Crippen LogP contribution in [-0.2, 0) is 6.18 Å². The van der Waals surface area contributed by atoms with Gasteiger partial charge in [-0.15, -0.1) is 0 Å². The van der Waals surface area contributed by atoms with Crippen LogP contribution in [0.15, 0.2) is 42.5 Å². The van der Waals surface area contributed by atoms with Gasteiger partial charge in [0.1, 0.15) is 5.75 Å². The van der Waals surface area contributed by atoms with Crippen LogP contribution in [0.1, 0.15) is 36.0 Å². The van der Waals surface area contributed by atoms with Gasteiger partial charge in [0.25, 0.3) is 0 Å². The first-order chi connectivity index (χ1) is 13.4. The Morgan fingerprint density at radius 3 is 2.50 bits per heavy atom. The molecule has 0 radical (unpaired) electrons. The van der Waals surface area contributed by atoms with Gasteiger partial charge in [0, 0.05) is 30.4 Å². The van der Waals surface area contributed by atoms with Crippen LogP contribution in [-0.4, -0.2) is 20.2 Å². The van der Waals surface area contributed by atoms with E-state index in [-0.39, 0.29) is 11.1 Å². The molecule has 0 bridgehead atoms. The molecule has 1 fully saturated rings. The summed E-state index contributed by atoms with van der Waals surface area (Å²) in [5, 5.41) is 9.51. The summed E-state index contributed by atoms with van der Waals surface area (Å²) in [4.78, 5) is 2.29. The zero-order valence-electron chi connectivity index (χ0n) is 15.6. The highest BCUT2D eigenvalue weighted by molar-refractivity contribution is 5.91. The number of piperidine rings is 1. The first-order valence-electron chi connectivity index (χ1n) is 9.15. The molecule has 28 heavy (non-hydrogen) atoms. The number of halogens is 3. The number of hydrogen-bond donors (Lipinski definition) is 0. The lowest BCUT2D eigenvalue weighted by atomic mass is 10.0. The molecule has 0 N–H and O–H groups in total. The molecule has 0 aromatic heterocycles. The largest absolute Gasteiger partial charge is 0.496 e. The summed E-state index contributed by atoms with van der Waals surface area (Å²) in [5.74, 6) is 0.586. The van der Waals surface area contributed by atoms with E-state index in [0.29, 0.717) is 11.3 Å². The Morgan fingerprint density at radius 1 is 1.11 bits per heavy atom. The SMILES string of the molecule is COc1cc(N2CCCCC2)ccc1/C=C(/C#N)c1cccc(C(F)(F)F)c1. The van der Waals surface area contributed by atoms with Crippen molar-refractivity contribution in [2.75, 3.05) is 25.1 Å². The van der Waals surface area contributed by atoms with E-state index in [9.17, 15) is 18.4 Å². The molecule has 6 heteroatoms. The lowest BCUT2D eigenvalue weighted by molar-refractivity contribution is -0.137. The molecule has 1 heterocycles. The molecule has 2 aromatic carbocycles. The Labute approximate surface area is 162 Å². The van der Waals surface area contributed by atoms with Crippen LogP contribution in [0.25, 0.3) is 11.6 Å². The number of nitriles is 1. The van der Waals surface area contributed by atoms with E-state index in [4.69, 9.17) is 4.74 Å². The van der Waals surface area contributed by atoms with E-state index in [1.165, 1.54) is 18.6 Å². The zero-order chi connectivity index (χ0) is 20.1. The molecule has 0 aliphatic carbocycles. The minimum atomic E-state index is -4.45. The van der Waals surface area contributed by atoms with Gasteiger partial charge in [0.05, 0.1) is 24.3 Å². The predicted octanol–water partition coefficient (Wildman–Crippen LogP) is 5.77. The van der Waals surface area contributed by atoms with Gasteiger partial charge >= 0.3 is 6.18 Å². The molecule has 0 atom stereocenters. The lowest BCUT2D eigenvalue weighted by Gasteiger charge is -2.29. The summed E-state index contributed by atoms with van der Waals surface area (Å²) >= 11 is 0. The van der Waals surface area contributed by atoms with Crippen molar-refractivity contribution in [1.29, 1.82) is 5.26 Å². The first kappa shape index (κ1) is 19.8. The highest BCUT2D eigenvalue weighted by Gasteiger charge is 2.30. The average molecular weight is 386 g/mol. The molecular weight excluding hydrogens is 365 g/mol. The van der Waals surface area contributed by atoms with Gasteiger partial charge < -0.3 is 9.64 Å². The molecule has 0 saturated carbocycles. The van der Waals surface area contributed by atoms with Gasteiger partial charge in [-0.2, -0.15) is 18.4 Å². The van der Waals surface area contributed by atoms with Crippen LogP contribution in [0.4, 0.5) is 18.9 Å². The number of rotatable bonds is 4. The minimum Gasteiger partial charge on any atom is -0.496 e. The van der Waals surface area contributed by atoms with Crippen molar-refractivity contribution in [1.82, 2.24) is 0 Å². The third kappa shape index (κ3) is 4.48. The summed E-state index contributed by atoms with van der Waals surface area (Å²) in [6, 6.07) is 12.5. The van der Waals surface area contributed by atoms with Gasteiger partial charge in [0.15, 0.2) is 0 Å². The van der Waals surface area contributed by atoms with E-state index in [1.54, 1.807) is 13.2 Å². The fourth-order valence-corrected chi connectivity index (χ4v) is 3.37. The maximum absolute atomic E-state index is 13.0. The van der Waals surface area contributed by atoms with Gasteiger partial charge in [-0.1, -0.05) is 12.1 Å². The van der Waals surface area contributed by atoms with Crippen molar-refractivity contribution in [3.8, 4) is 11.8 Å². The van der Waals surface area contributed by atoms with Gasteiger partial charge in [-0.25, -0.2) is 0 Å². The number of nitrogens with zero attached hydrogens (tertiary/aromatic N) is 2. The fraction of sp³-hybridized carbons (Fsp3) is 0.318. The number of anilines is 1. The van der Waals surface area contributed by atoms with E-state index < -0.39 is 11.7 Å². The van der Waals surface area contributed by atoms with Gasteiger partial charge in [-0.05, 0) is 55.2 Å². The second kappa shape index (κ2) is 8.39. The molecule has 0 spiro atoms. The number of benzene rings is 2. The second-order valence-corrected chi connectivity index (χ2v) is 6.72. The Balaban J connectivity index is 1.95. The molecule has 0 unspecified atom stereocenters. The summed E-state index contributed by atoms with van der Waals surface area (Å²) < 4.78 is 44.4. The van der Waals surface area contributed by atoms with E-state index in [1.807, 2.05) is 24.3 Å². The first-order valence-corrected chi connectivity index (χ1v) is 9.15. The van der Waals surface area contributed by atoms with Crippen LogP contribution < -0.4 is 9.64 Å². The number of allylic oxidation sites excluding steroid dienone is 1. The predicted molar refractivity (Wildman–Crippen MR) is 104 cm³/mol. The van der Waals surface area contributed by atoms with Crippen molar-refractivity contribution in [3.63, 3.8) is 0 Å². The van der Waals surface area contributed by atoms with Crippen molar-refractivity contribution in [2.24, 2.45) is 0 Å². The molecule has 146 valence electrons. The van der Waals surface area contributed by atoms with E-state index >= 15 is 0 Å². The van der Waals surface area contributed by atoms with Crippen LogP contribution in [0, 0.1) is 11.3 Å². The van der Waals surface area contributed by atoms with Gasteiger partial charge in [-0.3, -0.25) is 0 Å². The number of hydrogen-bond acceptors (Lipinski definition) is 3. The van der Waals surface area contributed by atoms with Crippen molar-refractivity contribution in [2.45, 2.75) is 25.4 Å². The van der Waals surface area contributed by atoms with Crippen LogP contribution in [0.2, 0.25) is 0 Å². The standard InChI is InChI=1S/C22H21F3N2O/c1-28-21-14-20(27-10-3-2-4-11-27)9-8-17(21)12-18(15-26)16-6-5-7-19(13-16)22(23,24)25/h5-9,12-14H,2-4,10-11H2,1H3/b18-12-. The van der Waals surface area contributed by atoms with E-state index in [2.05, 4.69) is 4.90 Å². The Kier molecular flexibility index (Phi) is 5.93. The van der Waals surface area contributed by atoms with Crippen LogP contribution in [0.5, 0.6) is 5.75 Å². The Hall–Kier alpha value is -2.94. The highest BCUT2D eigenvalue weighted by Crippen LogP contribution is 2.33. The smallest absolute Gasteiger partial charge is 0.416 e. The zero-order valence-corrected chi connectivity index (χ0v) is 15.6. The topological polar surface area (TPSA) is 36.3 Å².